The van der Waals surface area contributed by atoms with Gasteiger partial charge >= 0.3 is 0 Å². The van der Waals surface area contributed by atoms with Crippen LogP contribution in [0.1, 0.15) is 11.1 Å². The third-order valence-electron chi connectivity index (χ3n) is 3.35. The second-order valence-corrected chi connectivity index (χ2v) is 4.75. The van der Waals surface area contributed by atoms with Crippen LogP contribution in [0.5, 0.6) is 5.75 Å². The average molecular weight is 264 g/mol. The summed E-state index contributed by atoms with van der Waals surface area (Å²) in [4.78, 5) is 0. The van der Waals surface area contributed by atoms with Crippen LogP contribution in [0.3, 0.4) is 0 Å². The standard InChI is InChI=1S/C17H16N2O/c1-20-16-10-6-13(7-11-16)12-15-9-8-14-4-2-3-5-17(14)19-18-15/h2-11,15H,12H2,1H3. The minimum atomic E-state index is 0.0794. The van der Waals surface area contributed by atoms with E-state index in [2.05, 4.69) is 40.6 Å². The number of methoxy groups -OCH3 is 1. The summed E-state index contributed by atoms with van der Waals surface area (Å²) < 4.78 is 5.17. The van der Waals surface area contributed by atoms with E-state index in [9.17, 15) is 0 Å². The average Bonchev–Trinajstić information content (AvgIpc) is 2.71. The molecule has 20 heavy (non-hydrogen) atoms. The van der Waals surface area contributed by atoms with E-state index in [0.29, 0.717) is 0 Å². The van der Waals surface area contributed by atoms with Gasteiger partial charge in [0.05, 0.1) is 18.8 Å². The second-order valence-electron chi connectivity index (χ2n) is 4.75. The maximum absolute atomic E-state index is 5.17. The Hall–Kier alpha value is -2.42. The molecule has 0 saturated carbocycles. The molecule has 0 N–H and O–H groups in total. The smallest absolute Gasteiger partial charge is 0.118 e. The van der Waals surface area contributed by atoms with Gasteiger partial charge in [0.1, 0.15) is 5.75 Å². The highest BCUT2D eigenvalue weighted by molar-refractivity contribution is 5.64. The molecule has 1 aliphatic heterocycles. The Labute approximate surface area is 118 Å². The molecule has 2 aromatic carbocycles. The van der Waals surface area contributed by atoms with Gasteiger partial charge in [-0.1, -0.05) is 42.5 Å². The Morgan fingerprint density at radius 3 is 2.65 bits per heavy atom. The van der Waals surface area contributed by atoms with Crippen molar-refractivity contribution >= 4 is 11.8 Å². The first-order valence-corrected chi connectivity index (χ1v) is 6.66. The van der Waals surface area contributed by atoms with Gasteiger partial charge in [-0.25, -0.2) is 0 Å². The lowest BCUT2D eigenvalue weighted by Crippen LogP contribution is -2.03. The Kier molecular flexibility index (Phi) is 3.59. The largest absolute Gasteiger partial charge is 0.497 e. The minimum Gasteiger partial charge on any atom is -0.497 e. The molecule has 0 spiro atoms. The molecule has 1 heterocycles. The van der Waals surface area contributed by atoms with Crippen molar-refractivity contribution in [3.05, 3.63) is 65.7 Å². The molecule has 0 radical (unpaired) electrons. The first kappa shape index (κ1) is 12.6. The topological polar surface area (TPSA) is 34.0 Å². The normalized spacial score (nSPS) is 16.6. The highest BCUT2D eigenvalue weighted by atomic mass is 16.5. The SMILES string of the molecule is COc1ccc(CC2C=Cc3ccccc3N=N2)cc1. The van der Waals surface area contributed by atoms with Crippen molar-refractivity contribution < 1.29 is 4.74 Å². The molecule has 0 aromatic heterocycles. The van der Waals surface area contributed by atoms with E-state index < -0.39 is 0 Å². The highest BCUT2D eigenvalue weighted by Crippen LogP contribution is 2.25. The lowest BCUT2D eigenvalue weighted by molar-refractivity contribution is 0.414. The second kappa shape index (κ2) is 5.70. The number of azo groups is 1. The van der Waals surface area contributed by atoms with E-state index in [0.717, 1.165) is 23.4 Å². The molecule has 0 fully saturated rings. The zero-order chi connectivity index (χ0) is 13.8. The maximum atomic E-state index is 5.17. The molecule has 3 nitrogen and oxygen atoms in total. The quantitative estimate of drug-likeness (QED) is 0.808. The summed E-state index contributed by atoms with van der Waals surface area (Å²) in [7, 11) is 1.68. The summed E-state index contributed by atoms with van der Waals surface area (Å²) in [6, 6.07) is 16.2. The van der Waals surface area contributed by atoms with Crippen LogP contribution in [0.15, 0.2) is 64.8 Å². The fourth-order valence-corrected chi connectivity index (χ4v) is 2.22. The fraction of sp³-hybridized carbons (Fsp3) is 0.176. The van der Waals surface area contributed by atoms with Crippen molar-refractivity contribution in [2.75, 3.05) is 7.11 Å². The molecule has 1 aliphatic rings. The van der Waals surface area contributed by atoms with Gasteiger partial charge < -0.3 is 4.74 Å². The van der Waals surface area contributed by atoms with Crippen molar-refractivity contribution in [3.63, 3.8) is 0 Å². The Morgan fingerprint density at radius 1 is 1.05 bits per heavy atom. The van der Waals surface area contributed by atoms with Crippen LogP contribution in [0.25, 0.3) is 6.08 Å². The van der Waals surface area contributed by atoms with E-state index in [1.54, 1.807) is 7.11 Å². The molecule has 0 amide bonds. The van der Waals surface area contributed by atoms with Gasteiger partial charge in [0.15, 0.2) is 0 Å². The van der Waals surface area contributed by atoms with Gasteiger partial charge in [-0.15, -0.1) is 0 Å². The van der Waals surface area contributed by atoms with Crippen molar-refractivity contribution in [2.24, 2.45) is 10.2 Å². The summed E-state index contributed by atoms with van der Waals surface area (Å²) >= 11 is 0. The zero-order valence-corrected chi connectivity index (χ0v) is 11.4. The van der Waals surface area contributed by atoms with Gasteiger partial charge in [0.25, 0.3) is 0 Å². The van der Waals surface area contributed by atoms with E-state index in [-0.39, 0.29) is 6.04 Å². The number of rotatable bonds is 3. The number of benzene rings is 2. The van der Waals surface area contributed by atoms with Crippen LogP contribution in [-0.4, -0.2) is 13.2 Å². The first-order valence-electron chi connectivity index (χ1n) is 6.66. The van der Waals surface area contributed by atoms with Crippen LogP contribution < -0.4 is 4.74 Å². The van der Waals surface area contributed by atoms with Crippen molar-refractivity contribution in [1.82, 2.24) is 0 Å². The van der Waals surface area contributed by atoms with E-state index in [1.807, 2.05) is 30.3 Å². The van der Waals surface area contributed by atoms with Crippen LogP contribution in [0.4, 0.5) is 5.69 Å². The summed E-state index contributed by atoms with van der Waals surface area (Å²) in [5, 5.41) is 8.75. The van der Waals surface area contributed by atoms with Gasteiger partial charge in [-0.2, -0.15) is 10.2 Å². The Bertz CT molecular complexity index is 611. The molecule has 0 aliphatic carbocycles. The van der Waals surface area contributed by atoms with Crippen LogP contribution in [-0.2, 0) is 6.42 Å². The van der Waals surface area contributed by atoms with Crippen LogP contribution in [0, 0.1) is 0 Å². The van der Waals surface area contributed by atoms with Crippen LogP contribution in [0.2, 0.25) is 0 Å². The van der Waals surface area contributed by atoms with E-state index in [4.69, 9.17) is 4.74 Å². The number of hydrogen-bond acceptors (Lipinski definition) is 3. The molecule has 0 saturated heterocycles. The monoisotopic (exact) mass is 264 g/mol. The van der Waals surface area contributed by atoms with Crippen molar-refractivity contribution in [1.29, 1.82) is 0 Å². The van der Waals surface area contributed by atoms with Gasteiger partial charge in [0, 0.05) is 12.0 Å². The van der Waals surface area contributed by atoms with Gasteiger partial charge in [-0.3, -0.25) is 0 Å². The molecule has 1 unspecified atom stereocenters. The van der Waals surface area contributed by atoms with E-state index >= 15 is 0 Å². The third-order valence-corrected chi connectivity index (χ3v) is 3.35. The Morgan fingerprint density at radius 2 is 1.85 bits per heavy atom. The van der Waals surface area contributed by atoms with E-state index in [1.165, 1.54) is 5.56 Å². The lowest BCUT2D eigenvalue weighted by Gasteiger charge is -2.06. The highest BCUT2D eigenvalue weighted by Gasteiger charge is 2.09. The number of ether oxygens (including phenoxy) is 1. The number of fused-ring (bicyclic) bond motifs is 1. The summed E-state index contributed by atoms with van der Waals surface area (Å²) in [5.41, 5.74) is 3.28. The first-order chi connectivity index (χ1) is 9.85. The minimum absolute atomic E-state index is 0.0794. The number of nitrogens with zero attached hydrogens (tertiary/aromatic N) is 2. The molecular formula is C17H16N2O. The summed E-state index contributed by atoms with van der Waals surface area (Å²) in [5.74, 6) is 0.874. The molecular weight excluding hydrogens is 248 g/mol. The molecule has 2 aromatic rings. The zero-order valence-electron chi connectivity index (χ0n) is 11.4. The third kappa shape index (κ3) is 2.77. The molecule has 1 atom stereocenters. The fourth-order valence-electron chi connectivity index (χ4n) is 2.22. The molecule has 100 valence electrons. The summed E-state index contributed by atoms with van der Waals surface area (Å²) in [6.07, 6.45) is 5.06. The Balaban J connectivity index is 1.76. The van der Waals surface area contributed by atoms with Gasteiger partial charge in [0.2, 0.25) is 0 Å². The number of hydrogen-bond donors (Lipinski definition) is 0. The molecule has 3 heteroatoms. The predicted molar refractivity (Wildman–Crippen MR) is 80.5 cm³/mol. The van der Waals surface area contributed by atoms with Gasteiger partial charge in [-0.05, 0) is 23.8 Å². The molecule has 0 bridgehead atoms. The molecule has 3 rings (SSSR count). The van der Waals surface area contributed by atoms with Crippen LogP contribution >= 0.6 is 0 Å². The lowest BCUT2D eigenvalue weighted by atomic mass is 10.1. The maximum Gasteiger partial charge on any atom is 0.118 e. The van der Waals surface area contributed by atoms with Crippen molar-refractivity contribution in [3.8, 4) is 5.75 Å². The predicted octanol–water partition coefficient (Wildman–Crippen LogP) is 4.42. The summed E-state index contributed by atoms with van der Waals surface area (Å²) in [6.45, 7) is 0. The van der Waals surface area contributed by atoms with Crippen molar-refractivity contribution in [2.45, 2.75) is 12.5 Å².